The molecule has 2 aliphatic heterocycles. The van der Waals surface area contributed by atoms with E-state index in [4.69, 9.17) is 23.7 Å². The molecule has 128 valence electrons. The van der Waals surface area contributed by atoms with E-state index < -0.39 is 17.7 Å². The van der Waals surface area contributed by atoms with Crippen LogP contribution in [0.5, 0.6) is 5.75 Å². The molecule has 0 aromatic heterocycles. The van der Waals surface area contributed by atoms with Gasteiger partial charge in [-0.2, -0.15) is 0 Å². The monoisotopic (exact) mass is 334 g/mol. The minimum Gasteiger partial charge on any atom is -0.488 e. The zero-order valence-electron chi connectivity index (χ0n) is 13.4. The summed E-state index contributed by atoms with van der Waals surface area (Å²) in [5.74, 6) is -2.11. The van der Waals surface area contributed by atoms with Gasteiger partial charge in [-0.05, 0) is 23.8 Å². The summed E-state index contributed by atoms with van der Waals surface area (Å²) in [6.45, 7) is 4.38. The molecule has 24 heavy (non-hydrogen) atoms. The second kappa shape index (κ2) is 6.62. The second-order valence-electron chi connectivity index (χ2n) is 5.79. The molecular weight excluding hydrogens is 316 g/mol. The van der Waals surface area contributed by atoms with Crippen LogP contribution in [0.2, 0.25) is 0 Å². The maximum absolute atomic E-state index is 12.0. The van der Waals surface area contributed by atoms with E-state index in [1.165, 1.54) is 19.9 Å². The van der Waals surface area contributed by atoms with Crippen LogP contribution in [0, 0.1) is 0 Å². The molecule has 2 heterocycles. The van der Waals surface area contributed by atoms with Crippen molar-refractivity contribution < 1.29 is 33.3 Å². The Balaban J connectivity index is 1.71. The Bertz CT molecular complexity index is 649. The zero-order valence-corrected chi connectivity index (χ0v) is 13.4. The lowest BCUT2D eigenvalue weighted by atomic mass is 10.1. The summed E-state index contributed by atoms with van der Waals surface area (Å²) in [6.07, 6.45) is 1.03. The fourth-order valence-electron chi connectivity index (χ4n) is 2.31. The molecular formula is C17H18O7. The lowest BCUT2D eigenvalue weighted by Gasteiger charge is -2.29. The van der Waals surface area contributed by atoms with Crippen molar-refractivity contribution in [2.75, 3.05) is 19.8 Å². The first-order valence-electron chi connectivity index (χ1n) is 7.57. The molecule has 2 aliphatic rings. The molecule has 0 bridgehead atoms. The summed E-state index contributed by atoms with van der Waals surface area (Å²) < 4.78 is 26.3. The molecule has 0 amide bonds. The highest BCUT2D eigenvalue weighted by molar-refractivity contribution is 6.18. The summed E-state index contributed by atoms with van der Waals surface area (Å²) in [6, 6.07) is 6.95. The summed E-state index contributed by atoms with van der Waals surface area (Å²) in [4.78, 5) is 23.9. The van der Waals surface area contributed by atoms with E-state index in [0.717, 1.165) is 0 Å². The summed E-state index contributed by atoms with van der Waals surface area (Å²) >= 11 is 0. The van der Waals surface area contributed by atoms with E-state index >= 15 is 0 Å². The molecule has 0 saturated carbocycles. The molecule has 0 unspecified atom stereocenters. The van der Waals surface area contributed by atoms with Gasteiger partial charge in [-0.3, -0.25) is 0 Å². The molecule has 2 saturated heterocycles. The van der Waals surface area contributed by atoms with Crippen molar-refractivity contribution in [3.8, 4) is 5.75 Å². The standard InChI is InChI=1S/C17H18O7/c1-17(2)23-15(18)13(16(19)24-17)9-11-4-3-5-12(8-11)22-10-14-20-6-7-21-14/h3-5,8-9,14H,6-7,10H2,1-2H3. The Morgan fingerprint density at radius 2 is 1.83 bits per heavy atom. The molecule has 0 atom stereocenters. The fraction of sp³-hybridized carbons (Fsp3) is 0.412. The van der Waals surface area contributed by atoms with Gasteiger partial charge < -0.3 is 23.7 Å². The van der Waals surface area contributed by atoms with Crippen LogP contribution >= 0.6 is 0 Å². The number of hydrogen-bond donors (Lipinski definition) is 0. The normalized spacial score (nSPS) is 20.5. The molecule has 0 spiro atoms. The molecule has 0 aliphatic carbocycles. The van der Waals surface area contributed by atoms with Gasteiger partial charge in [0, 0.05) is 13.8 Å². The maximum Gasteiger partial charge on any atom is 0.348 e. The highest BCUT2D eigenvalue weighted by Gasteiger charge is 2.38. The van der Waals surface area contributed by atoms with Crippen LogP contribution in [0.1, 0.15) is 19.4 Å². The van der Waals surface area contributed by atoms with E-state index in [2.05, 4.69) is 0 Å². The molecule has 3 rings (SSSR count). The minimum atomic E-state index is -1.25. The van der Waals surface area contributed by atoms with Gasteiger partial charge in [0.25, 0.3) is 5.79 Å². The number of benzene rings is 1. The zero-order chi connectivity index (χ0) is 17.2. The Morgan fingerprint density at radius 1 is 1.17 bits per heavy atom. The van der Waals surface area contributed by atoms with Crippen LogP contribution in [0.4, 0.5) is 0 Å². The molecule has 7 heteroatoms. The van der Waals surface area contributed by atoms with Crippen LogP contribution < -0.4 is 4.74 Å². The van der Waals surface area contributed by atoms with E-state index in [0.29, 0.717) is 24.5 Å². The average molecular weight is 334 g/mol. The molecule has 1 aromatic carbocycles. The lowest BCUT2D eigenvalue weighted by Crippen LogP contribution is -2.41. The smallest absolute Gasteiger partial charge is 0.348 e. The van der Waals surface area contributed by atoms with Gasteiger partial charge in [-0.1, -0.05) is 12.1 Å². The Hall–Kier alpha value is -2.38. The van der Waals surface area contributed by atoms with Crippen molar-refractivity contribution in [3.05, 3.63) is 35.4 Å². The SMILES string of the molecule is CC1(C)OC(=O)C(=Cc2cccc(OCC3OCCO3)c2)C(=O)O1. The number of hydrogen-bond acceptors (Lipinski definition) is 7. The molecule has 1 aromatic rings. The predicted octanol–water partition coefficient (Wildman–Crippen LogP) is 1.66. The highest BCUT2D eigenvalue weighted by atomic mass is 16.7. The van der Waals surface area contributed by atoms with Crippen LogP contribution in [0.25, 0.3) is 6.08 Å². The molecule has 0 radical (unpaired) electrons. The maximum atomic E-state index is 12.0. The fourth-order valence-corrected chi connectivity index (χ4v) is 2.31. The molecule has 2 fully saturated rings. The van der Waals surface area contributed by atoms with Crippen LogP contribution in [0.15, 0.2) is 29.8 Å². The van der Waals surface area contributed by atoms with Crippen LogP contribution in [-0.4, -0.2) is 43.8 Å². The largest absolute Gasteiger partial charge is 0.488 e. The second-order valence-corrected chi connectivity index (χ2v) is 5.79. The quantitative estimate of drug-likeness (QED) is 0.470. The summed E-state index contributed by atoms with van der Waals surface area (Å²) in [5, 5.41) is 0. The number of ether oxygens (including phenoxy) is 5. The van der Waals surface area contributed by atoms with E-state index in [1.807, 2.05) is 0 Å². The number of cyclic esters (lactones) is 2. The average Bonchev–Trinajstić information content (AvgIpc) is 3.02. The van der Waals surface area contributed by atoms with E-state index in [1.54, 1.807) is 24.3 Å². The first-order chi connectivity index (χ1) is 11.4. The third-order valence-electron chi connectivity index (χ3n) is 3.36. The predicted molar refractivity (Wildman–Crippen MR) is 81.9 cm³/mol. The Labute approximate surface area is 139 Å². The first kappa shape index (κ1) is 16.5. The van der Waals surface area contributed by atoms with Gasteiger partial charge in [0.2, 0.25) is 0 Å². The number of esters is 2. The van der Waals surface area contributed by atoms with Crippen molar-refractivity contribution in [1.29, 1.82) is 0 Å². The number of rotatable bonds is 4. The van der Waals surface area contributed by atoms with Gasteiger partial charge in [0.05, 0.1) is 13.2 Å². The number of carbonyl (C=O) groups is 2. The van der Waals surface area contributed by atoms with Gasteiger partial charge in [-0.15, -0.1) is 0 Å². The minimum absolute atomic E-state index is 0.158. The van der Waals surface area contributed by atoms with E-state index in [9.17, 15) is 9.59 Å². The van der Waals surface area contributed by atoms with Crippen molar-refractivity contribution in [2.45, 2.75) is 25.9 Å². The van der Waals surface area contributed by atoms with Crippen molar-refractivity contribution in [2.24, 2.45) is 0 Å². The van der Waals surface area contributed by atoms with Crippen molar-refractivity contribution >= 4 is 18.0 Å². The number of carbonyl (C=O) groups excluding carboxylic acids is 2. The third kappa shape index (κ3) is 3.93. The Morgan fingerprint density at radius 3 is 2.50 bits per heavy atom. The van der Waals surface area contributed by atoms with Crippen molar-refractivity contribution in [3.63, 3.8) is 0 Å². The topological polar surface area (TPSA) is 80.3 Å². The Kier molecular flexibility index (Phi) is 4.55. The van der Waals surface area contributed by atoms with Crippen LogP contribution in [-0.2, 0) is 28.5 Å². The van der Waals surface area contributed by atoms with Crippen LogP contribution in [0.3, 0.4) is 0 Å². The van der Waals surface area contributed by atoms with Gasteiger partial charge in [0.15, 0.2) is 6.29 Å². The summed E-state index contributed by atoms with van der Waals surface area (Å²) in [7, 11) is 0. The lowest BCUT2D eigenvalue weighted by molar-refractivity contribution is -0.222. The van der Waals surface area contributed by atoms with Gasteiger partial charge >= 0.3 is 11.9 Å². The molecule has 0 N–H and O–H groups in total. The van der Waals surface area contributed by atoms with Gasteiger partial charge in [-0.25, -0.2) is 9.59 Å². The highest BCUT2D eigenvalue weighted by Crippen LogP contribution is 2.25. The third-order valence-corrected chi connectivity index (χ3v) is 3.36. The van der Waals surface area contributed by atoms with Gasteiger partial charge in [0.1, 0.15) is 17.9 Å². The summed E-state index contributed by atoms with van der Waals surface area (Å²) in [5.41, 5.74) is 0.457. The van der Waals surface area contributed by atoms with Crippen molar-refractivity contribution in [1.82, 2.24) is 0 Å². The van der Waals surface area contributed by atoms with E-state index in [-0.39, 0.29) is 18.5 Å². The first-order valence-corrected chi connectivity index (χ1v) is 7.57. The molecule has 7 nitrogen and oxygen atoms in total.